The second kappa shape index (κ2) is 10.0. The zero-order valence-corrected chi connectivity index (χ0v) is 25.3. The van der Waals surface area contributed by atoms with Crippen molar-refractivity contribution in [2.24, 2.45) is 0 Å². The Morgan fingerprint density at radius 2 is 1.56 bits per heavy atom. The van der Waals surface area contributed by atoms with E-state index in [0.29, 0.717) is 16.6 Å². The van der Waals surface area contributed by atoms with E-state index < -0.39 is 76.6 Å². The van der Waals surface area contributed by atoms with Crippen LogP contribution in [0.15, 0.2) is 60.4 Å². The molecule has 6 rings (SSSR count). The molecule has 1 heterocycles. The van der Waals surface area contributed by atoms with E-state index in [1.165, 1.54) is 0 Å². The molecule has 11 heteroatoms. The molecular formula is C30H20KNO9. The van der Waals surface area contributed by atoms with Gasteiger partial charge in [-0.2, -0.15) is 0 Å². The Labute approximate surface area is 274 Å². The molecule has 0 saturated carbocycles. The number of rotatable bonds is 3. The van der Waals surface area contributed by atoms with Gasteiger partial charge in [0.1, 0.15) is 0 Å². The molecule has 4 aliphatic carbocycles. The summed E-state index contributed by atoms with van der Waals surface area (Å²) in [5.74, 6) is -3.52. The van der Waals surface area contributed by atoms with E-state index in [2.05, 4.69) is 4.98 Å². The maximum absolute atomic E-state index is 13.9. The first-order valence-electron chi connectivity index (χ1n) is 12.3. The molecule has 10 nitrogen and oxygen atoms in total. The molecule has 0 unspecified atom stereocenters. The number of fused-ring (bicyclic) bond motifs is 4. The van der Waals surface area contributed by atoms with Crippen molar-refractivity contribution in [3.8, 4) is 11.5 Å². The van der Waals surface area contributed by atoms with Crippen molar-refractivity contribution in [2.75, 3.05) is 7.11 Å². The summed E-state index contributed by atoms with van der Waals surface area (Å²) in [6, 6.07) is 3.89. The molecule has 0 saturated heterocycles. The molecule has 2 aromatic rings. The first kappa shape index (κ1) is 28.9. The fraction of sp³-hybridized carbons (Fsp3) is 0.167. The topological polar surface area (TPSA) is 180 Å². The van der Waals surface area contributed by atoms with Crippen LogP contribution >= 0.6 is 0 Å². The monoisotopic (exact) mass is 577 g/mol. The third-order valence-corrected chi connectivity index (χ3v) is 7.78. The van der Waals surface area contributed by atoms with Crippen LogP contribution in [0.2, 0.25) is 0 Å². The third kappa shape index (κ3) is 3.73. The number of aromatic nitrogens is 1. The summed E-state index contributed by atoms with van der Waals surface area (Å²) in [7, 11) is 1.10. The van der Waals surface area contributed by atoms with E-state index in [0.717, 1.165) is 13.2 Å². The molecule has 41 heavy (non-hydrogen) atoms. The Hall–Kier alpha value is -3.61. The number of hydrogen-bond donors (Lipinski definition) is 1. The molecule has 0 amide bonds. The average molecular weight is 578 g/mol. The van der Waals surface area contributed by atoms with Gasteiger partial charge in [-0.3, -0.25) is 24.0 Å². The molecule has 1 aromatic carbocycles. The van der Waals surface area contributed by atoms with Gasteiger partial charge in [-0.05, 0) is 48.4 Å². The largest absolute Gasteiger partial charge is 1.00 e. The van der Waals surface area contributed by atoms with E-state index in [9.17, 15) is 39.3 Å². The van der Waals surface area contributed by atoms with Gasteiger partial charge in [0.2, 0.25) is 5.43 Å². The molecule has 1 spiro atoms. The first-order chi connectivity index (χ1) is 19.1. The molecule has 200 valence electrons. The fourth-order valence-corrected chi connectivity index (χ4v) is 6.06. The number of pyridine rings is 1. The number of aromatic amines is 1. The molecular weight excluding hydrogens is 557 g/mol. The number of H-pyrrole nitrogens is 1. The predicted molar refractivity (Wildman–Crippen MR) is 142 cm³/mol. The van der Waals surface area contributed by atoms with Gasteiger partial charge in [0.05, 0.1) is 17.5 Å². The van der Waals surface area contributed by atoms with E-state index >= 15 is 0 Å². The van der Waals surface area contributed by atoms with Crippen molar-refractivity contribution in [3.05, 3.63) is 125 Å². The van der Waals surface area contributed by atoms with Gasteiger partial charge in [-0.15, -0.1) is 11.5 Å². The standard InChI is InChI=1S/C30H21NO9.K/c1-3-4-5-6-14-10-13-9-12-7-8-30(22(12)26(36)17(13)29(39)31-14)27(37)20-21(28(30)38)25(35)19-18(24(20)34)15(32)11-16(40-2)23(19)33;/h3-6,9-11,36-38H,7-8H2,1-2H3,(H,31,39);/q;+1/p-1/b4-3+,6-5+;/t30-;/m0./s1. The minimum atomic E-state index is -2.22. The summed E-state index contributed by atoms with van der Waals surface area (Å²) in [6.45, 7) is 1.82. The first-order valence-corrected chi connectivity index (χ1v) is 12.3. The molecule has 0 radical (unpaired) electrons. The third-order valence-electron chi connectivity index (χ3n) is 7.78. The van der Waals surface area contributed by atoms with Gasteiger partial charge in [0.25, 0.3) is 5.56 Å². The quantitative estimate of drug-likeness (QED) is 0.183. The van der Waals surface area contributed by atoms with Crippen molar-refractivity contribution in [1.82, 2.24) is 4.98 Å². The SMILES string of the molecule is C/C=C/C=C/c1cc2cc3c(c([O-])c2c(=O)[nH]1)[C@@]1(CC3)C([O-])=c2c(=O)c3c(=O)cc(OC)c(=O)c=3c(=O)c2=C1[O-].[H+].[H+].[K+]. The molecule has 0 bridgehead atoms. The van der Waals surface area contributed by atoms with E-state index in [1.54, 1.807) is 36.4 Å². The van der Waals surface area contributed by atoms with Gasteiger partial charge < -0.3 is 25.0 Å². The van der Waals surface area contributed by atoms with Crippen molar-refractivity contribution in [1.29, 1.82) is 0 Å². The minimum absolute atomic E-state index is 0. The average Bonchev–Trinajstić information content (AvgIpc) is 3.40. The van der Waals surface area contributed by atoms with Gasteiger partial charge in [-0.1, -0.05) is 30.0 Å². The summed E-state index contributed by atoms with van der Waals surface area (Å²) in [4.78, 5) is 68.0. The molecule has 1 N–H and O–H groups in total. The van der Waals surface area contributed by atoms with Crippen LogP contribution in [0.25, 0.3) is 28.4 Å². The number of allylic oxidation sites excluding steroid dienone is 3. The number of methoxy groups -OCH3 is 1. The van der Waals surface area contributed by atoms with Gasteiger partial charge in [-0.25, -0.2) is 0 Å². The summed E-state index contributed by atoms with van der Waals surface area (Å²) in [5, 5.41) is 38.4. The van der Waals surface area contributed by atoms with Crippen molar-refractivity contribution in [2.45, 2.75) is 25.2 Å². The fourth-order valence-electron chi connectivity index (χ4n) is 6.06. The number of ether oxygens (including phenoxy) is 1. The Bertz CT molecular complexity index is 2370. The van der Waals surface area contributed by atoms with E-state index in [-0.39, 0.29) is 78.0 Å². The molecule has 1 atom stereocenters. The van der Waals surface area contributed by atoms with Gasteiger partial charge in [0, 0.05) is 33.0 Å². The second-order valence-corrected chi connectivity index (χ2v) is 9.77. The van der Waals surface area contributed by atoms with Gasteiger partial charge in [0.15, 0.2) is 22.0 Å². The van der Waals surface area contributed by atoms with Crippen molar-refractivity contribution in [3.63, 3.8) is 0 Å². The van der Waals surface area contributed by atoms with Gasteiger partial charge >= 0.3 is 54.2 Å². The van der Waals surface area contributed by atoms with E-state index in [1.807, 2.05) is 6.92 Å². The molecule has 4 aliphatic rings. The van der Waals surface area contributed by atoms with Crippen LogP contribution < -0.4 is 109 Å². The van der Waals surface area contributed by atoms with E-state index in [4.69, 9.17) is 4.74 Å². The maximum Gasteiger partial charge on any atom is 1.00 e. The summed E-state index contributed by atoms with van der Waals surface area (Å²) < 4.78 is 4.85. The number of hydrogen-bond acceptors (Lipinski definition) is 9. The Kier molecular flexibility index (Phi) is 7.07. The number of aryl methyl sites for hydroxylation is 1. The molecule has 0 fully saturated rings. The van der Waals surface area contributed by atoms with Crippen LogP contribution in [0.3, 0.4) is 0 Å². The summed E-state index contributed by atoms with van der Waals surface area (Å²) >= 11 is 0. The summed E-state index contributed by atoms with van der Waals surface area (Å²) in [5.41, 5.74) is -6.98. The van der Waals surface area contributed by atoms with Crippen LogP contribution in [-0.2, 0) is 11.8 Å². The normalized spacial score (nSPS) is 17.7. The summed E-state index contributed by atoms with van der Waals surface area (Å²) in [6.07, 6.45) is 6.74. The Balaban J connectivity index is 0.00000169. The van der Waals surface area contributed by atoms with Crippen LogP contribution in [0.4, 0.5) is 0 Å². The predicted octanol–water partition coefficient (Wildman–Crippen LogP) is -5.70. The number of benzene rings is 1. The molecule has 1 aromatic heterocycles. The Morgan fingerprint density at radius 1 is 0.902 bits per heavy atom. The van der Waals surface area contributed by atoms with Crippen LogP contribution in [-0.4, -0.2) is 12.1 Å². The van der Waals surface area contributed by atoms with Crippen molar-refractivity contribution >= 4 is 28.4 Å². The Morgan fingerprint density at radius 3 is 2.20 bits per heavy atom. The maximum atomic E-state index is 13.9. The number of nitrogens with one attached hydrogen (secondary N) is 1. The van der Waals surface area contributed by atoms with Crippen LogP contribution in [0, 0.1) is 10.4 Å². The van der Waals surface area contributed by atoms with Crippen LogP contribution in [0.1, 0.15) is 33.0 Å². The zero-order valence-electron chi connectivity index (χ0n) is 24.1. The smallest absolute Gasteiger partial charge is 0.874 e. The van der Waals surface area contributed by atoms with Crippen molar-refractivity contribution < 1.29 is 74.3 Å². The van der Waals surface area contributed by atoms with Crippen LogP contribution in [0.5, 0.6) is 11.5 Å². The minimum Gasteiger partial charge on any atom is -0.874 e. The second-order valence-electron chi connectivity index (χ2n) is 9.77. The molecule has 0 aliphatic heterocycles. The zero-order chi connectivity index (χ0) is 28.7.